The van der Waals surface area contributed by atoms with E-state index in [9.17, 15) is 0 Å². The van der Waals surface area contributed by atoms with Gasteiger partial charge < -0.3 is 5.73 Å². The van der Waals surface area contributed by atoms with Crippen molar-refractivity contribution < 1.29 is 0 Å². The van der Waals surface area contributed by atoms with Gasteiger partial charge in [0.2, 0.25) is 0 Å². The average Bonchev–Trinajstić information content (AvgIpc) is 2.35. The molecule has 0 bridgehead atoms. The third-order valence-electron chi connectivity index (χ3n) is 2.41. The van der Waals surface area contributed by atoms with Crippen LogP contribution in [-0.4, -0.2) is 0 Å². The molecule has 0 unspecified atom stereocenters. The molecule has 0 aliphatic heterocycles. The van der Waals surface area contributed by atoms with Crippen LogP contribution in [0.4, 0.5) is 0 Å². The topological polar surface area (TPSA) is 26.0 Å². The number of hydrogen-bond donors (Lipinski definition) is 1. The summed E-state index contributed by atoms with van der Waals surface area (Å²) in [5.74, 6) is 0. The minimum Gasteiger partial charge on any atom is -0.398 e. The van der Waals surface area contributed by atoms with Crippen molar-refractivity contribution in [2.24, 2.45) is 5.73 Å². The van der Waals surface area contributed by atoms with Crippen molar-refractivity contribution in [2.45, 2.75) is 0 Å². The first-order valence-electron chi connectivity index (χ1n) is 5.15. The van der Waals surface area contributed by atoms with Gasteiger partial charge in [-0.25, -0.2) is 0 Å². The maximum Gasteiger partial charge on any atom is 0.0494 e. The molecule has 2 N–H and O–H groups in total. The molecule has 2 aromatic rings. The summed E-state index contributed by atoms with van der Waals surface area (Å²) in [5, 5.41) is 1.19. The Labute approximate surface area is 110 Å². The molecule has 1 nitrogen and oxygen atoms in total. The van der Waals surface area contributed by atoms with E-state index in [0.29, 0.717) is 15.7 Å². The number of benzene rings is 2. The van der Waals surface area contributed by atoms with Crippen LogP contribution < -0.4 is 5.73 Å². The first-order valence-corrected chi connectivity index (χ1v) is 5.90. The van der Waals surface area contributed by atoms with Crippen molar-refractivity contribution >= 4 is 35.0 Å². The van der Waals surface area contributed by atoms with Gasteiger partial charge in [-0.1, -0.05) is 59.6 Å². The van der Waals surface area contributed by atoms with Gasteiger partial charge in [0.25, 0.3) is 0 Å². The highest BCUT2D eigenvalue weighted by molar-refractivity contribution is 6.37. The Morgan fingerprint density at radius 1 is 0.882 bits per heavy atom. The van der Waals surface area contributed by atoms with Gasteiger partial charge >= 0.3 is 0 Å². The second-order valence-electron chi connectivity index (χ2n) is 3.60. The molecule has 0 aliphatic rings. The molecular weight excluding hydrogens is 253 g/mol. The molecule has 0 saturated heterocycles. The standard InChI is InChI=1S/C14H11Cl2N/c15-12-7-4-8-13(16)11(12)9-14(17)10-5-2-1-3-6-10/h1-9H,17H2/b14-9+. The predicted octanol–water partition coefficient (Wildman–Crippen LogP) is 4.45. The van der Waals surface area contributed by atoms with Crippen molar-refractivity contribution in [3.63, 3.8) is 0 Å². The zero-order valence-electron chi connectivity index (χ0n) is 9.03. The maximum atomic E-state index is 6.08. The molecule has 0 aliphatic carbocycles. The first-order chi connectivity index (χ1) is 8.18. The fourth-order valence-corrected chi connectivity index (χ4v) is 2.02. The molecule has 0 fully saturated rings. The molecule has 17 heavy (non-hydrogen) atoms. The van der Waals surface area contributed by atoms with Crippen LogP contribution >= 0.6 is 23.2 Å². The lowest BCUT2D eigenvalue weighted by atomic mass is 10.1. The highest BCUT2D eigenvalue weighted by Gasteiger charge is 2.04. The van der Waals surface area contributed by atoms with Crippen LogP contribution in [0.25, 0.3) is 11.8 Å². The monoisotopic (exact) mass is 263 g/mol. The highest BCUT2D eigenvalue weighted by Crippen LogP contribution is 2.27. The Balaban J connectivity index is 2.43. The van der Waals surface area contributed by atoms with Gasteiger partial charge in [0.1, 0.15) is 0 Å². The fraction of sp³-hybridized carbons (Fsp3) is 0. The molecule has 0 atom stereocenters. The zero-order chi connectivity index (χ0) is 12.3. The third kappa shape index (κ3) is 2.82. The van der Waals surface area contributed by atoms with Gasteiger partial charge in [0.15, 0.2) is 0 Å². The highest BCUT2D eigenvalue weighted by atomic mass is 35.5. The zero-order valence-corrected chi connectivity index (χ0v) is 10.5. The van der Waals surface area contributed by atoms with Crippen LogP contribution in [0.1, 0.15) is 11.1 Å². The minimum absolute atomic E-state index is 0.594. The van der Waals surface area contributed by atoms with Crippen LogP contribution in [0, 0.1) is 0 Å². The lowest BCUT2D eigenvalue weighted by molar-refractivity contribution is 1.52. The largest absolute Gasteiger partial charge is 0.398 e. The Morgan fingerprint density at radius 2 is 1.47 bits per heavy atom. The predicted molar refractivity (Wildman–Crippen MR) is 75.0 cm³/mol. The Hall–Kier alpha value is -1.44. The number of rotatable bonds is 2. The lowest BCUT2D eigenvalue weighted by Gasteiger charge is -2.05. The van der Waals surface area contributed by atoms with Gasteiger partial charge in [-0.05, 0) is 23.8 Å². The van der Waals surface area contributed by atoms with Crippen molar-refractivity contribution in [3.8, 4) is 0 Å². The normalized spacial score (nSPS) is 11.5. The maximum absolute atomic E-state index is 6.08. The number of hydrogen-bond acceptors (Lipinski definition) is 1. The van der Waals surface area contributed by atoms with Crippen LogP contribution in [-0.2, 0) is 0 Å². The molecule has 86 valence electrons. The molecule has 3 heteroatoms. The second kappa shape index (κ2) is 5.26. The average molecular weight is 264 g/mol. The van der Waals surface area contributed by atoms with Gasteiger partial charge in [0.05, 0.1) is 0 Å². The molecule has 0 heterocycles. The summed E-state index contributed by atoms with van der Waals surface area (Å²) in [7, 11) is 0. The summed E-state index contributed by atoms with van der Waals surface area (Å²) in [4.78, 5) is 0. The quantitative estimate of drug-likeness (QED) is 0.797. The summed E-state index contributed by atoms with van der Waals surface area (Å²) in [5.41, 5.74) is 8.34. The number of halogens is 2. The lowest BCUT2D eigenvalue weighted by Crippen LogP contribution is -1.95. The Bertz CT molecular complexity index is 527. The number of nitrogens with two attached hydrogens (primary N) is 1. The van der Waals surface area contributed by atoms with Gasteiger partial charge in [-0.15, -0.1) is 0 Å². The van der Waals surface area contributed by atoms with Crippen molar-refractivity contribution in [2.75, 3.05) is 0 Å². The second-order valence-corrected chi connectivity index (χ2v) is 4.42. The molecule has 0 spiro atoms. The fourth-order valence-electron chi connectivity index (χ4n) is 1.52. The third-order valence-corrected chi connectivity index (χ3v) is 3.07. The molecule has 2 aromatic carbocycles. The van der Waals surface area contributed by atoms with Crippen LogP contribution in [0.3, 0.4) is 0 Å². The van der Waals surface area contributed by atoms with E-state index in [1.54, 1.807) is 24.3 Å². The van der Waals surface area contributed by atoms with E-state index >= 15 is 0 Å². The smallest absolute Gasteiger partial charge is 0.0494 e. The molecule has 0 amide bonds. The minimum atomic E-state index is 0.594. The summed E-state index contributed by atoms with van der Waals surface area (Å²) < 4.78 is 0. The summed E-state index contributed by atoms with van der Waals surface area (Å²) >= 11 is 12.2. The van der Waals surface area contributed by atoms with Gasteiger partial charge in [-0.2, -0.15) is 0 Å². The molecule has 0 aromatic heterocycles. The van der Waals surface area contributed by atoms with Crippen LogP contribution in [0.15, 0.2) is 48.5 Å². The van der Waals surface area contributed by atoms with E-state index in [1.165, 1.54) is 0 Å². The van der Waals surface area contributed by atoms with Crippen molar-refractivity contribution in [3.05, 3.63) is 69.7 Å². The van der Waals surface area contributed by atoms with Crippen molar-refractivity contribution in [1.29, 1.82) is 0 Å². The van der Waals surface area contributed by atoms with E-state index in [2.05, 4.69) is 0 Å². The molecule has 2 rings (SSSR count). The van der Waals surface area contributed by atoms with Crippen LogP contribution in [0.5, 0.6) is 0 Å². The van der Waals surface area contributed by atoms with E-state index < -0.39 is 0 Å². The summed E-state index contributed by atoms with van der Waals surface area (Å²) in [6.07, 6.45) is 1.79. The molecular formula is C14H11Cl2N. The summed E-state index contributed by atoms with van der Waals surface area (Å²) in [6.45, 7) is 0. The van der Waals surface area contributed by atoms with E-state index in [0.717, 1.165) is 11.1 Å². The Morgan fingerprint density at radius 3 is 2.06 bits per heavy atom. The van der Waals surface area contributed by atoms with Crippen LogP contribution in [0.2, 0.25) is 10.0 Å². The Kier molecular flexibility index (Phi) is 3.72. The molecule has 0 saturated carbocycles. The van der Waals surface area contributed by atoms with E-state index in [1.807, 2.05) is 30.3 Å². The van der Waals surface area contributed by atoms with Gasteiger partial charge in [0, 0.05) is 21.3 Å². The summed E-state index contributed by atoms with van der Waals surface area (Å²) in [6, 6.07) is 15.1. The SMILES string of the molecule is N/C(=C/c1c(Cl)cccc1Cl)c1ccccc1. The van der Waals surface area contributed by atoms with E-state index in [4.69, 9.17) is 28.9 Å². The van der Waals surface area contributed by atoms with Gasteiger partial charge in [-0.3, -0.25) is 0 Å². The molecule has 0 radical (unpaired) electrons. The van der Waals surface area contributed by atoms with E-state index in [-0.39, 0.29) is 0 Å². The van der Waals surface area contributed by atoms with Crippen molar-refractivity contribution in [1.82, 2.24) is 0 Å². The first kappa shape index (κ1) is 12.0.